The van der Waals surface area contributed by atoms with Crippen molar-refractivity contribution in [1.29, 1.82) is 0 Å². The van der Waals surface area contributed by atoms with Crippen LogP contribution in [-0.2, 0) is 21.8 Å². The molecule has 1 nitrogen and oxygen atoms in total. The van der Waals surface area contributed by atoms with Crippen LogP contribution in [0.4, 0.5) is 0 Å². The molecule has 6 heteroatoms. The maximum Gasteiger partial charge on any atom is 2.00 e. The summed E-state index contributed by atoms with van der Waals surface area (Å²) in [7, 11) is -0.696. The zero-order chi connectivity index (χ0) is 37.9. The van der Waals surface area contributed by atoms with Crippen molar-refractivity contribution < 1.29 is 45.8 Å². The van der Waals surface area contributed by atoms with Gasteiger partial charge in [-0.2, -0.15) is 62.7 Å². The third-order valence-electron chi connectivity index (χ3n) is 9.32. The maximum atomic E-state index is 4.83. The molecule has 6 rings (SSSR count). The summed E-state index contributed by atoms with van der Waals surface area (Å²) in [6.45, 7) is 22.9. The molecule has 0 fully saturated rings. The molecule has 0 aliphatic rings. The minimum absolute atomic E-state index is 0. The van der Waals surface area contributed by atoms with Gasteiger partial charge in [-0.05, 0) is 63.2 Å². The molecule has 0 aliphatic heterocycles. The van der Waals surface area contributed by atoms with E-state index < -0.39 is 0 Å². The monoisotopic (exact) mass is 978 g/mol. The summed E-state index contributed by atoms with van der Waals surface area (Å²) in [5, 5.41) is 5.89. The van der Waals surface area contributed by atoms with Crippen molar-refractivity contribution in [1.82, 2.24) is 0 Å². The molecular weight excluding hydrogens is 919 g/mol. The van der Waals surface area contributed by atoms with E-state index in [1.165, 1.54) is 78.0 Å². The standard InChI is InChI=1S/C26H24P2.C10H15.C9H11.C4H10O.Fe.Ga.HI/c1-5-13-23(14-6-1)27(24-15-7-2-8-16-24)21-22-28(25-17-9-3-10-18-25)26-19-11-4-12-20-26;1-6-7(2)9(4)10(5)8(6)3;1-7-4-8(2)6-9(3)5-7;1-3-5-4-2;;;/h1-20H,21-22H2;1-5H3;4-5H,1-3H3;3-4H2,1-2H3;;;1H/q;2*-1;;+2;;/p-1. The van der Waals surface area contributed by atoms with Crippen molar-refractivity contribution in [3.8, 4) is 0 Å². The van der Waals surface area contributed by atoms with Gasteiger partial charge in [-0.3, -0.25) is 0 Å². The molecule has 0 amide bonds. The van der Waals surface area contributed by atoms with E-state index in [2.05, 4.69) is 195 Å². The number of ether oxygens (including phenoxy) is 1. The first-order chi connectivity index (χ1) is 25.1. The Hall–Kier alpha value is -1.84. The fraction of sp³-hybridized carbons (Fsp3) is 0.286. The second kappa shape index (κ2) is 29.4. The number of benzene rings is 5. The number of aryl methyl sites for hydroxylation is 3. The Labute approximate surface area is 378 Å². The van der Waals surface area contributed by atoms with Gasteiger partial charge in [-0.1, -0.05) is 177 Å². The van der Waals surface area contributed by atoms with Crippen LogP contribution in [0.2, 0.25) is 0 Å². The number of hydrogen-bond acceptors (Lipinski definition) is 1. The summed E-state index contributed by atoms with van der Waals surface area (Å²) < 4.78 is 4.83. The van der Waals surface area contributed by atoms with Crippen molar-refractivity contribution in [3.63, 3.8) is 0 Å². The SMILES string of the molecule is CCOCC.Cc1[c-]c(C)cc(C)c1.Cc1c(C)c(C)[c-](C)c1C.[Fe+2].[Ga].[I-].c1ccc(P(CCP(c2ccccc2)c2ccccc2)c2ccccc2)cc1. The Morgan fingerprint density at radius 3 is 0.964 bits per heavy atom. The molecule has 0 spiro atoms. The smallest absolute Gasteiger partial charge is 1.00 e. The van der Waals surface area contributed by atoms with Crippen LogP contribution < -0.4 is 45.2 Å². The Balaban J connectivity index is 0.000000889. The molecule has 3 radical (unpaired) electrons. The van der Waals surface area contributed by atoms with Gasteiger partial charge in [0.15, 0.2) is 0 Å². The fourth-order valence-electron chi connectivity index (χ4n) is 6.16. The summed E-state index contributed by atoms with van der Waals surface area (Å²) in [5.41, 5.74) is 11.1. The second-order valence-electron chi connectivity index (χ2n) is 13.1. The van der Waals surface area contributed by atoms with Gasteiger partial charge in [0.05, 0.1) is 0 Å². The summed E-state index contributed by atoms with van der Waals surface area (Å²) in [5.74, 6) is 0. The molecule has 291 valence electrons. The topological polar surface area (TPSA) is 9.23 Å². The minimum atomic E-state index is -0.348. The molecule has 0 unspecified atom stereocenters. The minimum Gasteiger partial charge on any atom is -1.00 e. The van der Waals surface area contributed by atoms with Crippen LogP contribution in [0.15, 0.2) is 133 Å². The summed E-state index contributed by atoms with van der Waals surface area (Å²) in [4.78, 5) is 0. The molecule has 0 aliphatic carbocycles. The van der Waals surface area contributed by atoms with E-state index in [-0.39, 0.29) is 76.7 Å². The van der Waals surface area contributed by atoms with Crippen molar-refractivity contribution in [2.45, 2.75) is 69.2 Å². The number of halogens is 1. The van der Waals surface area contributed by atoms with Crippen molar-refractivity contribution in [2.75, 3.05) is 25.5 Å². The van der Waals surface area contributed by atoms with E-state index >= 15 is 0 Å². The zero-order valence-corrected chi connectivity index (χ0v) is 42.1. The molecule has 0 bridgehead atoms. The zero-order valence-electron chi connectivity index (χ0n) is 34.6. The van der Waals surface area contributed by atoms with E-state index in [1.807, 2.05) is 13.8 Å². The van der Waals surface area contributed by atoms with Crippen LogP contribution >= 0.6 is 15.8 Å². The van der Waals surface area contributed by atoms with Gasteiger partial charge in [0.1, 0.15) is 0 Å². The predicted octanol–water partition coefficient (Wildman–Crippen LogP) is 8.28. The van der Waals surface area contributed by atoms with Crippen LogP contribution in [0, 0.1) is 61.5 Å². The summed E-state index contributed by atoms with van der Waals surface area (Å²) >= 11 is 0. The number of rotatable bonds is 9. The molecule has 6 aromatic rings. The van der Waals surface area contributed by atoms with Gasteiger partial charge in [0.25, 0.3) is 0 Å². The molecule has 6 aromatic carbocycles. The summed E-state index contributed by atoms with van der Waals surface area (Å²) in [6.07, 6.45) is 2.41. The second-order valence-corrected chi connectivity index (χ2v) is 17.7. The van der Waals surface area contributed by atoms with E-state index in [4.69, 9.17) is 4.74 Å². The Morgan fingerprint density at radius 2 is 0.782 bits per heavy atom. The van der Waals surface area contributed by atoms with Gasteiger partial charge in [0.2, 0.25) is 0 Å². The molecule has 0 N–H and O–H groups in total. The maximum absolute atomic E-state index is 4.83. The van der Waals surface area contributed by atoms with Crippen molar-refractivity contribution in [2.24, 2.45) is 0 Å². The third-order valence-corrected chi connectivity index (χ3v) is 14.7. The van der Waals surface area contributed by atoms with E-state index in [1.54, 1.807) is 0 Å². The van der Waals surface area contributed by atoms with Gasteiger partial charge in [0, 0.05) is 33.0 Å². The quantitative estimate of drug-likeness (QED) is 0.0615. The fourth-order valence-corrected chi connectivity index (χ4v) is 11.5. The molecule has 0 saturated heterocycles. The first kappa shape index (κ1) is 53.2. The van der Waals surface area contributed by atoms with E-state index in [0.717, 1.165) is 13.2 Å². The molecule has 0 saturated carbocycles. The van der Waals surface area contributed by atoms with Crippen LogP contribution in [0.5, 0.6) is 0 Å². The van der Waals surface area contributed by atoms with Crippen LogP contribution in [-0.4, -0.2) is 45.3 Å². The third kappa shape index (κ3) is 18.1. The molecule has 0 aromatic heterocycles. The number of hydrogen-bond donors (Lipinski definition) is 0. The molecule has 0 atom stereocenters. The van der Waals surface area contributed by atoms with Crippen molar-refractivity contribution in [3.05, 3.63) is 184 Å². The van der Waals surface area contributed by atoms with Crippen LogP contribution in [0.25, 0.3) is 0 Å². The predicted molar refractivity (Wildman–Crippen MR) is 241 cm³/mol. The average molecular weight is 979 g/mol. The van der Waals surface area contributed by atoms with E-state index in [9.17, 15) is 0 Å². The van der Waals surface area contributed by atoms with Crippen LogP contribution in [0.3, 0.4) is 0 Å². The molecule has 0 heterocycles. The average Bonchev–Trinajstić information content (AvgIpc) is 3.32. The van der Waals surface area contributed by atoms with Gasteiger partial charge in [-0.25, -0.2) is 0 Å². The van der Waals surface area contributed by atoms with Crippen molar-refractivity contribution >= 4 is 56.9 Å². The van der Waals surface area contributed by atoms with Crippen LogP contribution in [0.1, 0.15) is 58.4 Å². The van der Waals surface area contributed by atoms with Gasteiger partial charge >= 0.3 is 17.1 Å². The van der Waals surface area contributed by atoms with Gasteiger partial charge in [-0.15, -0.1) is 0 Å². The Bertz CT molecular complexity index is 1570. The molecule has 55 heavy (non-hydrogen) atoms. The van der Waals surface area contributed by atoms with E-state index in [0.29, 0.717) is 0 Å². The normalized spacial score (nSPS) is 9.89. The Kier molecular flexibility index (Phi) is 28.4. The summed E-state index contributed by atoms with van der Waals surface area (Å²) in [6, 6.07) is 51.7. The first-order valence-corrected chi connectivity index (χ1v) is 21.6. The first-order valence-electron chi connectivity index (χ1n) is 18.6. The van der Waals surface area contributed by atoms with Gasteiger partial charge < -0.3 is 28.7 Å². The largest absolute Gasteiger partial charge is 2.00 e. The Morgan fingerprint density at radius 1 is 0.509 bits per heavy atom. The molecular formula is C49H60FeGaIOP2-.